The van der Waals surface area contributed by atoms with Crippen LogP contribution in [0.2, 0.25) is 0 Å². The average Bonchev–Trinajstić information content (AvgIpc) is 2.29. The highest BCUT2D eigenvalue weighted by molar-refractivity contribution is 9.10. The van der Waals surface area contributed by atoms with Gasteiger partial charge in [-0.15, -0.1) is 0 Å². The zero-order chi connectivity index (χ0) is 11.5. The van der Waals surface area contributed by atoms with Crippen LogP contribution in [0.25, 0.3) is 0 Å². The van der Waals surface area contributed by atoms with Gasteiger partial charge in [-0.3, -0.25) is 0 Å². The zero-order valence-corrected chi connectivity index (χ0v) is 11.2. The summed E-state index contributed by atoms with van der Waals surface area (Å²) in [6, 6.07) is 6.44. The van der Waals surface area contributed by atoms with Gasteiger partial charge in [0.25, 0.3) is 0 Å². The van der Waals surface area contributed by atoms with Gasteiger partial charge in [-0.1, -0.05) is 15.9 Å². The number of nitrogens with zero attached hydrogens (tertiary/aromatic N) is 1. The second-order valence-electron chi connectivity index (χ2n) is 4.54. The van der Waals surface area contributed by atoms with Crippen LogP contribution >= 0.6 is 15.9 Å². The highest BCUT2D eigenvalue weighted by Crippen LogP contribution is 2.27. The van der Waals surface area contributed by atoms with Gasteiger partial charge >= 0.3 is 0 Å². The molecule has 0 atom stereocenters. The Hall–Kier alpha value is -0.540. The highest BCUT2D eigenvalue weighted by atomic mass is 79.9. The zero-order valence-electron chi connectivity index (χ0n) is 9.62. The monoisotopic (exact) mass is 283 g/mol. The maximum absolute atomic E-state index is 9.11. The van der Waals surface area contributed by atoms with Gasteiger partial charge in [0.15, 0.2) is 0 Å². The van der Waals surface area contributed by atoms with E-state index in [2.05, 4.69) is 46.0 Å². The number of rotatable bonds is 2. The number of benzene rings is 1. The lowest BCUT2D eigenvalue weighted by Gasteiger charge is -2.33. The molecule has 1 aromatic carbocycles. The number of hydrogen-bond acceptors (Lipinski definition) is 2. The molecule has 2 rings (SSSR count). The van der Waals surface area contributed by atoms with Crippen molar-refractivity contribution in [1.29, 1.82) is 0 Å². The molecule has 88 valence electrons. The maximum atomic E-state index is 9.11. The van der Waals surface area contributed by atoms with Crippen LogP contribution in [-0.4, -0.2) is 24.8 Å². The van der Waals surface area contributed by atoms with E-state index in [1.807, 2.05) is 0 Å². The Kier molecular flexibility index (Phi) is 3.87. The van der Waals surface area contributed by atoms with Crippen LogP contribution in [0.15, 0.2) is 22.7 Å². The maximum Gasteiger partial charge on any atom is 0.0460 e. The van der Waals surface area contributed by atoms with Crippen molar-refractivity contribution < 1.29 is 5.11 Å². The van der Waals surface area contributed by atoms with E-state index in [0.717, 1.165) is 30.4 Å². The summed E-state index contributed by atoms with van der Waals surface area (Å²) in [5.74, 6) is 0.506. The van der Waals surface area contributed by atoms with Gasteiger partial charge in [0.1, 0.15) is 0 Å². The Morgan fingerprint density at radius 1 is 1.38 bits per heavy atom. The van der Waals surface area contributed by atoms with Crippen molar-refractivity contribution in [1.82, 2.24) is 0 Å². The predicted molar refractivity (Wildman–Crippen MR) is 70.9 cm³/mol. The van der Waals surface area contributed by atoms with Crippen LogP contribution in [-0.2, 0) is 0 Å². The summed E-state index contributed by atoms with van der Waals surface area (Å²) in [6.07, 6.45) is 2.21. The van der Waals surface area contributed by atoms with Crippen molar-refractivity contribution in [3.8, 4) is 0 Å². The number of halogens is 1. The van der Waals surface area contributed by atoms with E-state index in [1.54, 1.807) is 0 Å². The number of aliphatic hydroxyl groups excluding tert-OH is 1. The van der Waals surface area contributed by atoms with Crippen LogP contribution in [0.3, 0.4) is 0 Å². The molecule has 0 bridgehead atoms. The number of anilines is 1. The molecule has 1 N–H and O–H groups in total. The topological polar surface area (TPSA) is 23.5 Å². The molecule has 0 aromatic heterocycles. The third-order valence-electron chi connectivity index (χ3n) is 3.37. The van der Waals surface area contributed by atoms with Crippen molar-refractivity contribution in [3.63, 3.8) is 0 Å². The van der Waals surface area contributed by atoms with Crippen molar-refractivity contribution in [2.24, 2.45) is 5.92 Å². The molecule has 0 amide bonds. The quantitative estimate of drug-likeness (QED) is 0.902. The summed E-state index contributed by atoms with van der Waals surface area (Å²) in [5.41, 5.74) is 2.65. The summed E-state index contributed by atoms with van der Waals surface area (Å²) < 4.78 is 1.14. The highest BCUT2D eigenvalue weighted by Gasteiger charge is 2.19. The van der Waals surface area contributed by atoms with Crippen LogP contribution < -0.4 is 4.90 Å². The Morgan fingerprint density at radius 3 is 2.62 bits per heavy atom. The second-order valence-corrected chi connectivity index (χ2v) is 5.46. The van der Waals surface area contributed by atoms with Crippen molar-refractivity contribution in [3.05, 3.63) is 28.2 Å². The molecule has 1 aliphatic heterocycles. The predicted octanol–water partition coefficient (Wildman–Crippen LogP) is 2.97. The minimum atomic E-state index is 0.340. The van der Waals surface area contributed by atoms with E-state index >= 15 is 0 Å². The fraction of sp³-hybridized carbons (Fsp3) is 0.538. The molecule has 16 heavy (non-hydrogen) atoms. The Labute approximate surface area is 105 Å². The molecule has 0 aliphatic carbocycles. The van der Waals surface area contributed by atoms with Crippen molar-refractivity contribution >= 4 is 21.6 Å². The van der Waals surface area contributed by atoms with Gasteiger partial charge in [0.05, 0.1) is 0 Å². The summed E-state index contributed by atoms with van der Waals surface area (Å²) in [4.78, 5) is 2.42. The lowest BCUT2D eigenvalue weighted by molar-refractivity contribution is 0.203. The number of piperidine rings is 1. The average molecular weight is 284 g/mol. The third kappa shape index (κ3) is 2.58. The molecule has 0 saturated carbocycles. The standard InChI is InChI=1S/C13H18BrNO/c1-10-8-12(14)2-3-13(10)15-6-4-11(9-16)5-7-15/h2-3,8,11,16H,4-7,9H2,1H3. The molecule has 1 aliphatic rings. The van der Waals surface area contributed by atoms with Crippen molar-refractivity contribution in [2.45, 2.75) is 19.8 Å². The van der Waals surface area contributed by atoms with Crippen LogP contribution in [0, 0.1) is 12.8 Å². The first-order valence-electron chi connectivity index (χ1n) is 5.82. The molecule has 1 fully saturated rings. The van der Waals surface area contributed by atoms with Crippen molar-refractivity contribution in [2.75, 3.05) is 24.6 Å². The van der Waals surface area contributed by atoms with E-state index < -0.39 is 0 Å². The third-order valence-corrected chi connectivity index (χ3v) is 3.87. The van der Waals surface area contributed by atoms with Crippen LogP contribution in [0.1, 0.15) is 18.4 Å². The molecule has 2 nitrogen and oxygen atoms in total. The number of aryl methyl sites for hydroxylation is 1. The molecule has 0 spiro atoms. The Morgan fingerprint density at radius 2 is 2.06 bits per heavy atom. The van der Waals surface area contributed by atoms with Crippen LogP contribution in [0.5, 0.6) is 0 Å². The molecule has 3 heteroatoms. The smallest absolute Gasteiger partial charge is 0.0460 e. The first-order chi connectivity index (χ1) is 7.70. The molecular weight excluding hydrogens is 266 g/mol. The Bertz CT molecular complexity index is 359. The van der Waals surface area contributed by atoms with E-state index in [9.17, 15) is 0 Å². The van der Waals surface area contributed by atoms with Gasteiger partial charge in [-0.05, 0) is 49.4 Å². The summed E-state index contributed by atoms with van der Waals surface area (Å²) in [6.45, 7) is 4.62. The Balaban J connectivity index is 2.08. The molecule has 0 radical (unpaired) electrons. The summed E-state index contributed by atoms with van der Waals surface area (Å²) in [5, 5.41) is 9.11. The van der Waals surface area contributed by atoms with Gasteiger partial charge in [-0.2, -0.15) is 0 Å². The first kappa shape index (κ1) is 11.9. The van der Waals surface area contributed by atoms with E-state index in [0.29, 0.717) is 12.5 Å². The lowest BCUT2D eigenvalue weighted by Crippen LogP contribution is -2.35. The largest absolute Gasteiger partial charge is 0.396 e. The minimum absolute atomic E-state index is 0.340. The van der Waals surface area contributed by atoms with Gasteiger partial charge in [0, 0.05) is 29.9 Å². The van der Waals surface area contributed by atoms with Gasteiger partial charge < -0.3 is 10.0 Å². The lowest BCUT2D eigenvalue weighted by atomic mass is 9.97. The SMILES string of the molecule is Cc1cc(Br)ccc1N1CCC(CO)CC1. The van der Waals surface area contributed by atoms with Gasteiger partial charge in [-0.25, -0.2) is 0 Å². The van der Waals surface area contributed by atoms with Crippen LogP contribution in [0.4, 0.5) is 5.69 Å². The first-order valence-corrected chi connectivity index (χ1v) is 6.62. The minimum Gasteiger partial charge on any atom is -0.396 e. The molecule has 1 heterocycles. The van der Waals surface area contributed by atoms with E-state index in [4.69, 9.17) is 5.11 Å². The molecule has 1 aromatic rings. The summed E-state index contributed by atoms with van der Waals surface area (Å²) in [7, 11) is 0. The molecular formula is C13H18BrNO. The van der Waals surface area contributed by atoms with E-state index in [-0.39, 0.29) is 0 Å². The number of hydrogen-bond donors (Lipinski definition) is 1. The normalized spacial score (nSPS) is 17.8. The number of aliphatic hydroxyl groups is 1. The van der Waals surface area contributed by atoms with E-state index in [1.165, 1.54) is 11.3 Å². The van der Waals surface area contributed by atoms with Gasteiger partial charge in [0.2, 0.25) is 0 Å². The summed E-state index contributed by atoms with van der Waals surface area (Å²) >= 11 is 3.49. The second kappa shape index (κ2) is 5.19. The fourth-order valence-electron chi connectivity index (χ4n) is 2.33. The molecule has 0 unspecified atom stereocenters. The fourth-order valence-corrected chi connectivity index (χ4v) is 2.81. The molecule has 1 saturated heterocycles.